The topological polar surface area (TPSA) is 78.9 Å². The predicted octanol–water partition coefficient (Wildman–Crippen LogP) is 6.64. The molecule has 0 spiro atoms. The summed E-state index contributed by atoms with van der Waals surface area (Å²) in [6.45, 7) is 7.05. The van der Waals surface area contributed by atoms with Crippen molar-refractivity contribution in [2.24, 2.45) is 0 Å². The van der Waals surface area contributed by atoms with Gasteiger partial charge in [-0.15, -0.1) is 0 Å². The van der Waals surface area contributed by atoms with Crippen LogP contribution in [-0.4, -0.2) is 30.3 Å². The van der Waals surface area contributed by atoms with Gasteiger partial charge in [0.1, 0.15) is 24.7 Å². The van der Waals surface area contributed by atoms with E-state index in [-0.39, 0.29) is 18.3 Å². The van der Waals surface area contributed by atoms with Gasteiger partial charge in [0.15, 0.2) is 0 Å². The fourth-order valence-electron chi connectivity index (χ4n) is 3.55. The van der Waals surface area contributed by atoms with Crippen LogP contribution in [0.1, 0.15) is 10.4 Å². The average molecular weight is 525 g/mol. The zero-order chi connectivity index (χ0) is 26.9. The largest absolute Gasteiger partial charge is 0.490 e. The van der Waals surface area contributed by atoms with Crippen LogP contribution >= 0.6 is 11.8 Å². The summed E-state index contributed by atoms with van der Waals surface area (Å²) < 4.78 is 15.5. The normalized spacial score (nSPS) is 10.4. The first-order chi connectivity index (χ1) is 18.4. The van der Waals surface area contributed by atoms with Crippen LogP contribution < -0.4 is 9.47 Å². The molecule has 0 atom stereocenters. The predicted molar refractivity (Wildman–Crippen MR) is 148 cm³/mol. The minimum Gasteiger partial charge on any atom is -0.490 e. The molecule has 190 valence electrons. The number of carbonyl (C=O) groups is 3. The maximum Gasteiger partial charge on any atom is 0.335 e. The summed E-state index contributed by atoms with van der Waals surface area (Å²) in [7, 11) is 0. The molecule has 7 heteroatoms. The van der Waals surface area contributed by atoms with Gasteiger partial charge in [-0.05, 0) is 88.3 Å². The third-order valence-electron chi connectivity index (χ3n) is 5.45. The minimum atomic E-state index is -0.499. The van der Waals surface area contributed by atoms with Crippen molar-refractivity contribution in [1.29, 1.82) is 0 Å². The Bertz CT molecular complexity index is 1490. The van der Waals surface area contributed by atoms with Crippen LogP contribution in [0.2, 0.25) is 0 Å². The molecule has 0 radical (unpaired) electrons. The lowest BCUT2D eigenvalue weighted by molar-refractivity contribution is -0.138. The Morgan fingerprint density at radius 1 is 0.684 bits per heavy atom. The van der Waals surface area contributed by atoms with Crippen LogP contribution in [0.15, 0.2) is 115 Å². The molecule has 0 N–H and O–H groups in total. The number of hydrogen-bond donors (Lipinski definition) is 0. The number of carbonyl (C=O) groups excluding carboxylic acids is 3. The molecule has 0 aliphatic heterocycles. The lowest BCUT2D eigenvalue weighted by atomic mass is 10.0. The zero-order valence-electron chi connectivity index (χ0n) is 20.4. The highest BCUT2D eigenvalue weighted by atomic mass is 32.2. The standard InChI is InChI=1S/C31H24O6S/c1-3-29(32)36-18-17-35-26-12-9-22(10-13-26)31(34)38-28-16-11-24-19-23(5-6-25(24)20-28)21-7-14-27(15-8-21)37-30(33)4-2/h3-16,19-20H,1-2,17-18H2. The number of esters is 2. The first kappa shape index (κ1) is 26.4. The first-order valence-electron chi connectivity index (χ1n) is 11.7. The highest BCUT2D eigenvalue weighted by Crippen LogP contribution is 2.30. The second-order valence-corrected chi connectivity index (χ2v) is 9.05. The second kappa shape index (κ2) is 12.6. The summed E-state index contributed by atoms with van der Waals surface area (Å²) in [4.78, 5) is 36.0. The van der Waals surface area contributed by atoms with Crippen molar-refractivity contribution in [3.8, 4) is 22.6 Å². The van der Waals surface area contributed by atoms with Crippen molar-refractivity contribution >= 4 is 39.6 Å². The number of rotatable bonds is 10. The number of hydrogen-bond acceptors (Lipinski definition) is 7. The number of benzene rings is 4. The molecular formula is C31H24O6S. The molecular weight excluding hydrogens is 500 g/mol. The summed E-state index contributed by atoms with van der Waals surface area (Å²) in [5, 5.41) is 1.98. The Morgan fingerprint density at radius 2 is 1.32 bits per heavy atom. The molecule has 6 nitrogen and oxygen atoms in total. The summed E-state index contributed by atoms with van der Waals surface area (Å²) in [5.41, 5.74) is 2.57. The average Bonchev–Trinajstić information content (AvgIpc) is 2.95. The van der Waals surface area contributed by atoms with E-state index in [1.54, 1.807) is 36.4 Å². The SMILES string of the molecule is C=CC(=O)OCCOc1ccc(C(=O)Sc2ccc3cc(-c4ccc(OC(=O)C=C)cc4)ccc3c2)cc1. The smallest absolute Gasteiger partial charge is 0.335 e. The van der Waals surface area contributed by atoms with E-state index in [1.807, 2.05) is 42.5 Å². The Balaban J connectivity index is 1.37. The molecule has 4 aromatic rings. The molecule has 4 aromatic carbocycles. The molecule has 0 amide bonds. The molecule has 0 aromatic heterocycles. The van der Waals surface area contributed by atoms with E-state index < -0.39 is 11.9 Å². The van der Waals surface area contributed by atoms with Crippen LogP contribution in [-0.2, 0) is 14.3 Å². The molecule has 0 unspecified atom stereocenters. The van der Waals surface area contributed by atoms with E-state index >= 15 is 0 Å². The molecule has 0 saturated carbocycles. The minimum absolute atomic E-state index is 0.0790. The lowest BCUT2D eigenvalue weighted by Gasteiger charge is -2.08. The van der Waals surface area contributed by atoms with Crippen molar-refractivity contribution in [2.45, 2.75) is 4.90 Å². The fourth-order valence-corrected chi connectivity index (χ4v) is 4.34. The van der Waals surface area contributed by atoms with Gasteiger partial charge in [0.25, 0.3) is 0 Å². The van der Waals surface area contributed by atoms with E-state index in [0.717, 1.165) is 50.7 Å². The second-order valence-electron chi connectivity index (χ2n) is 8.01. The molecule has 0 fully saturated rings. The molecule has 0 bridgehead atoms. The van der Waals surface area contributed by atoms with E-state index in [4.69, 9.17) is 14.2 Å². The van der Waals surface area contributed by atoms with E-state index in [2.05, 4.69) is 19.2 Å². The van der Waals surface area contributed by atoms with Gasteiger partial charge in [0.2, 0.25) is 5.12 Å². The quantitative estimate of drug-likeness (QED) is 0.0757. The molecule has 0 aliphatic rings. The van der Waals surface area contributed by atoms with E-state index in [1.165, 1.54) is 0 Å². The summed E-state index contributed by atoms with van der Waals surface area (Å²) in [6.07, 6.45) is 2.22. The highest BCUT2D eigenvalue weighted by molar-refractivity contribution is 8.14. The van der Waals surface area contributed by atoms with Crippen LogP contribution in [0, 0.1) is 0 Å². The van der Waals surface area contributed by atoms with Crippen LogP contribution in [0.4, 0.5) is 0 Å². The number of ether oxygens (including phenoxy) is 3. The van der Waals surface area contributed by atoms with Gasteiger partial charge in [-0.25, -0.2) is 9.59 Å². The Morgan fingerprint density at radius 3 is 2.03 bits per heavy atom. The van der Waals surface area contributed by atoms with E-state index in [9.17, 15) is 14.4 Å². The van der Waals surface area contributed by atoms with Crippen LogP contribution in [0.5, 0.6) is 11.5 Å². The van der Waals surface area contributed by atoms with Gasteiger partial charge >= 0.3 is 11.9 Å². The summed E-state index contributed by atoms with van der Waals surface area (Å²) in [5.74, 6) is 0.0395. The first-order valence-corrected chi connectivity index (χ1v) is 12.5. The number of thioether (sulfide) groups is 1. The molecule has 0 aliphatic carbocycles. The lowest BCUT2D eigenvalue weighted by Crippen LogP contribution is -2.10. The summed E-state index contributed by atoms with van der Waals surface area (Å²) >= 11 is 1.16. The maximum atomic E-state index is 12.8. The Kier molecular flexibility index (Phi) is 8.74. The van der Waals surface area contributed by atoms with Crippen LogP contribution in [0.3, 0.4) is 0 Å². The van der Waals surface area contributed by atoms with Gasteiger partial charge in [0, 0.05) is 22.6 Å². The molecule has 4 rings (SSSR count). The maximum absolute atomic E-state index is 12.8. The third-order valence-corrected chi connectivity index (χ3v) is 6.36. The molecule has 0 heterocycles. The van der Waals surface area contributed by atoms with Crippen LogP contribution in [0.25, 0.3) is 21.9 Å². The van der Waals surface area contributed by atoms with Crippen molar-refractivity contribution in [3.63, 3.8) is 0 Å². The van der Waals surface area contributed by atoms with Crippen molar-refractivity contribution in [2.75, 3.05) is 13.2 Å². The molecule has 38 heavy (non-hydrogen) atoms. The zero-order valence-corrected chi connectivity index (χ0v) is 21.2. The van der Waals surface area contributed by atoms with Gasteiger partial charge in [-0.1, -0.05) is 43.5 Å². The monoisotopic (exact) mass is 524 g/mol. The number of fused-ring (bicyclic) bond motifs is 1. The van der Waals surface area contributed by atoms with Gasteiger partial charge in [-0.3, -0.25) is 4.79 Å². The summed E-state index contributed by atoms with van der Waals surface area (Å²) in [6, 6.07) is 26.1. The van der Waals surface area contributed by atoms with Gasteiger partial charge < -0.3 is 14.2 Å². The van der Waals surface area contributed by atoms with Crippen molar-refractivity contribution < 1.29 is 28.6 Å². The third kappa shape index (κ3) is 6.99. The van der Waals surface area contributed by atoms with Crippen molar-refractivity contribution in [3.05, 3.63) is 116 Å². The highest BCUT2D eigenvalue weighted by Gasteiger charge is 2.10. The van der Waals surface area contributed by atoms with Crippen molar-refractivity contribution in [1.82, 2.24) is 0 Å². The fraction of sp³-hybridized carbons (Fsp3) is 0.0645. The molecule has 0 saturated heterocycles. The van der Waals surface area contributed by atoms with Gasteiger partial charge in [0.05, 0.1) is 0 Å². The van der Waals surface area contributed by atoms with E-state index in [0.29, 0.717) is 17.1 Å². The Labute approximate surface area is 224 Å². The Hall–Kier alpha value is -4.62. The van der Waals surface area contributed by atoms with Gasteiger partial charge in [-0.2, -0.15) is 0 Å².